The fraction of sp³-hybridized carbons (Fsp3) is 0.368. The van der Waals surface area contributed by atoms with E-state index in [0.29, 0.717) is 22.1 Å². The Morgan fingerprint density at radius 3 is 2.42 bits per heavy atom. The van der Waals surface area contributed by atoms with Gasteiger partial charge in [0.15, 0.2) is 11.3 Å². The van der Waals surface area contributed by atoms with E-state index in [1.807, 2.05) is 43.0 Å². The maximum Gasteiger partial charge on any atom is 0.276 e. The number of rotatable bonds is 2. The average molecular weight is 370 g/mol. The van der Waals surface area contributed by atoms with Crippen LogP contribution in [0.2, 0.25) is 5.02 Å². The average Bonchev–Trinajstić information content (AvgIpc) is 3.00. The summed E-state index contributed by atoms with van der Waals surface area (Å²) in [5.41, 5.74) is 4.48. The highest BCUT2D eigenvalue weighted by molar-refractivity contribution is 6.30. The van der Waals surface area contributed by atoms with Crippen LogP contribution in [-0.4, -0.2) is 43.7 Å². The van der Waals surface area contributed by atoms with Crippen LogP contribution in [0.25, 0.3) is 16.8 Å². The number of likely N-dealkylation sites (tertiary alicyclic amines) is 1. The summed E-state index contributed by atoms with van der Waals surface area (Å²) >= 11 is 5.99. The Balaban J connectivity index is 1.79. The van der Waals surface area contributed by atoms with Crippen LogP contribution in [0.15, 0.2) is 24.3 Å². The van der Waals surface area contributed by atoms with Crippen LogP contribution in [0.4, 0.5) is 0 Å². The third-order valence-electron chi connectivity index (χ3n) is 4.92. The Kier molecular flexibility index (Phi) is 4.36. The molecule has 7 heteroatoms. The van der Waals surface area contributed by atoms with Gasteiger partial charge in [-0.25, -0.2) is 4.52 Å². The van der Waals surface area contributed by atoms with Gasteiger partial charge in [0, 0.05) is 18.1 Å². The highest BCUT2D eigenvalue weighted by atomic mass is 35.5. The highest BCUT2D eigenvalue weighted by Gasteiger charge is 2.24. The van der Waals surface area contributed by atoms with Gasteiger partial charge in [-0.05, 0) is 50.8 Å². The summed E-state index contributed by atoms with van der Waals surface area (Å²) in [6.07, 6.45) is 3.26. The normalized spacial score (nSPS) is 14.8. The summed E-state index contributed by atoms with van der Waals surface area (Å²) in [7, 11) is 0. The summed E-state index contributed by atoms with van der Waals surface area (Å²) in [6, 6.07) is 7.56. The molecule has 0 atom stereocenters. The van der Waals surface area contributed by atoms with E-state index in [1.165, 1.54) is 6.42 Å². The number of carbonyl (C=O) groups excluding carboxylic acids is 1. The molecular weight excluding hydrogens is 350 g/mol. The van der Waals surface area contributed by atoms with Crippen molar-refractivity contribution in [2.24, 2.45) is 0 Å². The first-order valence-corrected chi connectivity index (χ1v) is 9.22. The number of aromatic nitrogens is 4. The van der Waals surface area contributed by atoms with Crippen LogP contribution in [0.1, 0.15) is 41.1 Å². The van der Waals surface area contributed by atoms with Crippen molar-refractivity contribution in [1.29, 1.82) is 0 Å². The summed E-state index contributed by atoms with van der Waals surface area (Å²) in [5, 5.41) is 13.9. The number of aryl methyl sites for hydroxylation is 2. The number of benzene rings is 1. The molecule has 0 bridgehead atoms. The standard InChI is InChI=1S/C19H20ClN5O/c1-12-16(14-6-8-15(20)9-7-14)18-22-21-17(13(2)25(18)23-12)19(26)24-10-4-3-5-11-24/h6-9H,3-5,10-11H2,1-2H3. The summed E-state index contributed by atoms with van der Waals surface area (Å²) in [5.74, 6) is -0.0576. The molecule has 26 heavy (non-hydrogen) atoms. The fourth-order valence-corrected chi connectivity index (χ4v) is 3.64. The molecule has 3 aromatic rings. The Hall–Kier alpha value is -2.47. The molecule has 0 radical (unpaired) electrons. The Labute approximate surface area is 156 Å². The predicted octanol–water partition coefficient (Wildman–Crippen LogP) is 3.69. The first kappa shape index (κ1) is 17.0. The lowest BCUT2D eigenvalue weighted by Gasteiger charge is -2.26. The SMILES string of the molecule is Cc1nn2c(C)c(C(=O)N3CCCCC3)nnc2c1-c1ccc(Cl)cc1. The second kappa shape index (κ2) is 6.68. The lowest BCUT2D eigenvalue weighted by Crippen LogP contribution is -2.37. The number of amides is 1. The number of piperidine rings is 1. The van der Waals surface area contributed by atoms with Gasteiger partial charge in [0.1, 0.15) is 0 Å². The zero-order chi connectivity index (χ0) is 18.3. The van der Waals surface area contributed by atoms with E-state index < -0.39 is 0 Å². The zero-order valence-electron chi connectivity index (χ0n) is 14.9. The van der Waals surface area contributed by atoms with Gasteiger partial charge in [-0.1, -0.05) is 23.7 Å². The van der Waals surface area contributed by atoms with E-state index in [0.717, 1.165) is 42.8 Å². The van der Waals surface area contributed by atoms with Gasteiger partial charge >= 0.3 is 0 Å². The minimum Gasteiger partial charge on any atom is -0.337 e. The van der Waals surface area contributed by atoms with Gasteiger partial charge in [0.2, 0.25) is 0 Å². The topological polar surface area (TPSA) is 63.4 Å². The summed E-state index contributed by atoms with van der Waals surface area (Å²) < 4.78 is 1.73. The van der Waals surface area contributed by atoms with Crippen LogP contribution in [0.5, 0.6) is 0 Å². The molecule has 2 aromatic heterocycles. The van der Waals surface area contributed by atoms with Crippen LogP contribution in [0, 0.1) is 13.8 Å². The molecule has 6 nitrogen and oxygen atoms in total. The monoisotopic (exact) mass is 369 g/mol. The molecule has 0 spiro atoms. The third kappa shape index (κ3) is 2.84. The van der Waals surface area contributed by atoms with Gasteiger partial charge in [-0.2, -0.15) is 5.10 Å². The number of carbonyl (C=O) groups is 1. The van der Waals surface area contributed by atoms with E-state index in [1.54, 1.807) is 4.52 Å². The zero-order valence-corrected chi connectivity index (χ0v) is 15.6. The highest BCUT2D eigenvalue weighted by Crippen LogP contribution is 2.29. The molecular formula is C19H20ClN5O. The molecule has 1 aliphatic heterocycles. The van der Waals surface area contributed by atoms with Crippen molar-refractivity contribution in [2.45, 2.75) is 33.1 Å². The molecule has 1 saturated heterocycles. The van der Waals surface area contributed by atoms with Gasteiger partial charge in [-0.3, -0.25) is 4.79 Å². The lowest BCUT2D eigenvalue weighted by molar-refractivity contribution is 0.0715. The van der Waals surface area contributed by atoms with Crippen molar-refractivity contribution in [3.63, 3.8) is 0 Å². The minimum absolute atomic E-state index is 0.0576. The van der Waals surface area contributed by atoms with Crippen LogP contribution in [-0.2, 0) is 0 Å². The molecule has 0 saturated carbocycles. The second-order valence-corrected chi connectivity index (χ2v) is 7.13. The van der Waals surface area contributed by atoms with Crippen LogP contribution >= 0.6 is 11.6 Å². The van der Waals surface area contributed by atoms with E-state index >= 15 is 0 Å². The van der Waals surface area contributed by atoms with Crippen molar-refractivity contribution < 1.29 is 4.79 Å². The molecule has 1 aromatic carbocycles. The molecule has 1 amide bonds. The molecule has 1 fully saturated rings. The molecule has 0 aliphatic carbocycles. The van der Waals surface area contributed by atoms with Gasteiger partial charge in [0.25, 0.3) is 5.91 Å². The number of hydrogen-bond donors (Lipinski definition) is 0. The minimum atomic E-state index is -0.0576. The summed E-state index contributed by atoms with van der Waals surface area (Å²) in [4.78, 5) is 14.7. The van der Waals surface area contributed by atoms with E-state index in [-0.39, 0.29) is 5.91 Å². The predicted molar refractivity (Wildman–Crippen MR) is 100 cm³/mol. The van der Waals surface area contributed by atoms with Crippen molar-refractivity contribution in [3.05, 3.63) is 46.4 Å². The largest absolute Gasteiger partial charge is 0.337 e. The molecule has 0 N–H and O–H groups in total. The van der Waals surface area contributed by atoms with Crippen LogP contribution in [0.3, 0.4) is 0 Å². The maximum atomic E-state index is 12.8. The molecule has 3 heterocycles. The Morgan fingerprint density at radius 1 is 1.04 bits per heavy atom. The summed E-state index contributed by atoms with van der Waals surface area (Å²) in [6.45, 7) is 5.37. The fourth-order valence-electron chi connectivity index (χ4n) is 3.51. The number of hydrogen-bond acceptors (Lipinski definition) is 4. The first-order chi connectivity index (χ1) is 12.6. The molecule has 134 valence electrons. The van der Waals surface area contributed by atoms with Gasteiger partial charge < -0.3 is 4.90 Å². The number of fused-ring (bicyclic) bond motifs is 1. The van der Waals surface area contributed by atoms with E-state index in [4.69, 9.17) is 11.6 Å². The van der Waals surface area contributed by atoms with Crippen LogP contribution < -0.4 is 0 Å². The number of nitrogens with zero attached hydrogens (tertiary/aromatic N) is 5. The van der Waals surface area contributed by atoms with Crippen molar-refractivity contribution >= 4 is 23.2 Å². The first-order valence-electron chi connectivity index (χ1n) is 8.84. The van der Waals surface area contributed by atoms with Crippen molar-refractivity contribution in [1.82, 2.24) is 24.7 Å². The van der Waals surface area contributed by atoms with Crippen molar-refractivity contribution in [2.75, 3.05) is 13.1 Å². The van der Waals surface area contributed by atoms with Gasteiger partial charge in [0.05, 0.1) is 17.0 Å². The number of halogens is 1. The van der Waals surface area contributed by atoms with E-state index in [2.05, 4.69) is 15.3 Å². The lowest BCUT2D eigenvalue weighted by atomic mass is 10.1. The van der Waals surface area contributed by atoms with E-state index in [9.17, 15) is 4.79 Å². The maximum absolute atomic E-state index is 12.8. The third-order valence-corrected chi connectivity index (χ3v) is 5.17. The van der Waals surface area contributed by atoms with Crippen molar-refractivity contribution in [3.8, 4) is 11.1 Å². The molecule has 1 aliphatic rings. The molecule has 0 unspecified atom stereocenters. The Bertz CT molecular complexity index is 974. The quantitative estimate of drug-likeness (QED) is 0.691. The Morgan fingerprint density at radius 2 is 1.73 bits per heavy atom. The smallest absolute Gasteiger partial charge is 0.276 e. The second-order valence-electron chi connectivity index (χ2n) is 6.69. The van der Waals surface area contributed by atoms with Gasteiger partial charge in [-0.15, -0.1) is 10.2 Å². The molecule has 4 rings (SSSR count).